The van der Waals surface area contributed by atoms with E-state index in [1.54, 1.807) is 25.1 Å². The van der Waals surface area contributed by atoms with Gasteiger partial charge in [0.05, 0.1) is 12.2 Å². The van der Waals surface area contributed by atoms with Crippen LogP contribution in [0.4, 0.5) is 4.39 Å². The lowest BCUT2D eigenvalue weighted by Crippen LogP contribution is -2.40. The molecule has 0 aliphatic carbocycles. The number of carbonyl (C=O) groups excluding carboxylic acids is 2. The van der Waals surface area contributed by atoms with Gasteiger partial charge in [0.1, 0.15) is 12.4 Å². The summed E-state index contributed by atoms with van der Waals surface area (Å²) in [7, 11) is 0. The summed E-state index contributed by atoms with van der Waals surface area (Å²) >= 11 is 0. The molecule has 0 N–H and O–H groups in total. The zero-order chi connectivity index (χ0) is 20.3. The van der Waals surface area contributed by atoms with Crippen molar-refractivity contribution in [2.24, 2.45) is 5.92 Å². The molecule has 0 bridgehead atoms. The number of halogens is 1. The standard InChI is InChI=1S/C22H27FN2O3/c1-4-28-22(27)19-13-20(17-5-7-18(23)8-6-17)25(16(19)3)14-21(26)24-11-9-15(2)10-12-24/h5-8,13,15H,4,9-12,14H2,1-3H3. The van der Waals surface area contributed by atoms with E-state index < -0.39 is 5.97 Å². The monoisotopic (exact) mass is 386 g/mol. The number of piperidine rings is 1. The van der Waals surface area contributed by atoms with E-state index >= 15 is 0 Å². The number of likely N-dealkylation sites (tertiary alicyclic amines) is 1. The van der Waals surface area contributed by atoms with E-state index in [2.05, 4.69) is 6.92 Å². The molecule has 1 aliphatic rings. The summed E-state index contributed by atoms with van der Waals surface area (Å²) in [5, 5.41) is 0. The number of amides is 1. The molecule has 150 valence electrons. The molecule has 1 amide bonds. The van der Waals surface area contributed by atoms with Gasteiger partial charge in [0.25, 0.3) is 0 Å². The van der Waals surface area contributed by atoms with E-state index in [4.69, 9.17) is 4.74 Å². The SMILES string of the molecule is CCOC(=O)c1cc(-c2ccc(F)cc2)n(CC(=O)N2CCC(C)CC2)c1C. The quantitative estimate of drug-likeness (QED) is 0.729. The summed E-state index contributed by atoms with van der Waals surface area (Å²) in [6, 6.07) is 7.79. The first-order chi connectivity index (χ1) is 13.4. The third-order valence-electron chi connectivity index (χ3n) is 5.43. The molecule has 0 atom stereocenters. The zero-order valence-electron chi connectivity index (χ0n) is 16.7. The van der Waals surface area contributed by atoms with E-state index in [-0.39, 0.29) is 24.9 Å². The van der Waals surface area contributed by atoms with E-state index in [0.29, 0.717) is 22.9 Å². The molecule has 28 heavy (non-hydrogen) atoms. The maximum absolute atomic E-state index is 13.4. The van der Waals surface area contributed by atoms with Crippen LogP contribution in [0.25, 0.3) is 11.3 Å². The Morgan fingerprint density at radius 2 is 1.82 bits per heavy atom. The van der Waals surface area contributed by atoms with Crippen molar-refractivity contribution in [3.05, 3.63) is 47.4 Å². The van der Waals surface area contributed by atoms with Crippen LogP contribution in [0.5, 0.6) is 0 Å². The van der Waals surface area contributed by atoms with E-state index in [0.717, 1.165) is 31.5 Å². The van der Waals surface area contributed by atoms with Gasteiger partial charge in [-0.3, -0.25) is 4.79 Å². The molecule has 1 fully saturated rings. The predicted octanol–water partition coefficient (Wildman–Crippen LogP) is 4.04. The number of carbonyl (C=O) groups is 2. The van der Waals surface area contributed by atoms with Crippen LogP contribution >= 0.6 is 0 Å². The van der Waals surface area contributed by atoms with Crippen molar-refractivity contribution in [2.45, 2.75) is 40.2 Å². The molecule has 1 saturated heterocycles. The summed E-state index contributed by atoms with van der Waals surface area (Å²) < 4.78 is 20.3. The number of benzene rings is 1. The molecule has 2 heterocycles. The van der Waals surface area contributed by atoms with Gasteiger partial charge >= 0.3 is 5.97 Å². The summed E-state index contributed by atoms with van der Waals surface area (Å²) in [4.78, 5) is 27.1. The minimum atomic E-state index is -0.415. The summed E-state index contributed by atoms with van der Waals surface area (Å²) in [6.45, 7) is 7.72. The molecule has 0 radical (unpaired) electrons. The van der Waals surface area contributed by atoms with Crippen LogP contribution in [0, 0.1) is 18.7 Å². The molecular formula is C22H27FN2O3. The van der Waals surface area contributed by atoms with Gasteiger partial charge in [0.15, 0.2) is 0 Å². The van der Waals surface area contributed by atoms with Gasteiger partial charge < -0.3 is 14.2 Å². The topological polar surface area (TPSA) is 51.5 Å². The normalized spacial score (nSPS) is 14.9. The van der Waals surface area contributed by atoms with Gasteiger partial charge in [-0.15, -0.1) is 0 Å². The Bertz CT molecular complexity index is 849. The number of esters is 1. The minimum Gasteiger partial charge on any atom is -0.462 e. The molecule has 3 rings (SSSR count). The first kappa shape index (κ1) is 20.1. The van der Waals surface area contributed by atoms with E-state index in [1.807, 2.05) is 16.4 Å². The second-order valence-corrected chi connectivity index (χ2v) is 7.41. The van der Waals surface area contributed by atoms with Gasteiger partial charge in [0.2, 0.25) is 5.91 Å². The summed E-state index contributed by atoms with van der Waals surface area (Å²) in [6.07, 6.45) is 2.02. The number of hydrogen-bond donors (Lipinski definition) is 0. The van der Waals surface area contributed by atoms with Crippen molar-refractivity contribution in [1.29, 1.82) is 0 Å². The highest BCUT2D eigenvalue weighted by Crippen LogP contribution is 2.27. The maximum atomic E-state index is 13.4. The predicted molar refractivity (Wildman–Crippen MR) is 105 cm³/mol. The molecule has 0 saturated carbocycles. The molecule has 5 nitrogen and oxygen atoms in total. The fourth-order valence-electron chi connectivity index (χ4n) is 3.62. The molecular weight excluding hydrogens is 359 g/mol. The van der Waals surface area contributed by atoms with Crippen LogP contribution in [-0.2, 0) is 16.1 Å². The highest BCUT2D eigenvalue weighted by Gasteiger charge is 2.24. The number of rotatable bonds is 5. The van der Waals surface area contributed by atoms with Crippen LogP contribution in [-0.4, -0.2) is 41.0 Å². The number of hydrogen-bond acceptors (Lipinski definition) is 3. The van der Waals surface area contributed by atoms with Gasteiger partial charge in [-0.2, -0.15) is 0 Å². The Hall–Kier alpha value is -2.63. The third-order valence-corrected chi connectivity index (χ3v) is 5.43. The van der Waals surface area contributed by atoms with Crippen molar-refractivity contribution in [1.82, 2.24) is 9.47 Å². The Balaban J connectivity index is 1.94. The van der Waals surface area contributed by atoms with Crippen molar-refractivity contribution >= 4 is 11.9 Å². The van der Waals surface area contributed by atoms with Crippen LogP contribution in [0.2, 0.25) is 0 Å². The summed E-state index contributed by atoms with van der Waals surface area (Å²) in [5.41, 5.74) is 2.57. The second kappa shape index (κ2) is 8.59. The third kappa shape index (κ3) is 4.26. The van der Waals surface area contributed by atoms with Crippen molar-refractivity contribution in [3.63, 3.8) is 0 Å². The van der Waals surface area contributed by atoms with Gasteiger partial charge in [0, 0.05) is 24.5 Å². The Labute approximate surface area is 165 Å². The Morgan fingerprint density at radius 3 is 2.43 bits per heavy atom. The largest absolute Gasteiger partial charge is 0.462 e. The van der Waals surface area contributed by atoms with Crippen LogP contribution in [0.15, 0.2) is 30.3 Å². The van der Waals surface area contributed by atoms with E-state index in [9.17, 15) is 14.0 Å². The first-order valence-corrected chi connectivity index (χ1v) is 9.81. The number of nitrogens with zero attached hydrogens (tertiary/aromatic N) is 2. The lowest BCUT2D eigenvalue weighted by atomic mass is 9.99. The lowest BCUT2D eigenvalue weighted by molar-refractivity contribution is -0.133. The Kier molecular flexibility index (Phi) is 6.17. The van der Waals surface area contributed by atoms with Crippen LogP contribution in [0.3, 0.4) is 0 Å². The average molecular weight is 386 g/mol. The van der Waals surface area contributed by atoms with Gasteiger partial charge in [-0.1, -0.05) is 6.92 Å². The number of aromatic nitrogens is 1. The fraction of sp³-hybridized carbons (Fsp3) is 0.455. The van der Waals surface area contributed by atoms with Gasteiger partial charge in [-0.05, 0) is 68.5 Å². The molecule has 2 aromatic rings. The highest BCUT2D eigenvalue weighted by molar-refractivity contribution is 5.93. The van der Waals surface area contributed by atoms with E-state index in [1.165, 1.54) is 12.1 Å². The average Bonchev–Trinajstić information content (AvgIpc) is 3.00. The molecule has 0 spiro atoms. The summed E-state index contributed by atoms with van der Waals surface area (Å²) in [5.74, 6) is -0.0732. The fourth-order valence-corrected chi connectivity index (χ4v) is 3.62. The van der Waals surface area contributed by atoms with Crippen molar-refractivity contribution in [3.8, 4) is 11.3 Å². The smallest absolute Gasteiger partial charge is 0.339 e. The molecule has 1 aliphatic heterocycles. The van der Waals surface area contributed by atoms with Crippen molar-refractivity contribution in [2.75, 3.05) is 19.7 Å². The molecule has 6 heteroatoms. The Morgan fingerprint density at radius 1 is 1.18 bits per heavy atom. The van der Waals surface area contributed by atoms with Crippen LogP contribution in [0.1, 0.15) is 42.7 Å². The lowest BCUT2D eigenvalue weighted by Gasteiger charge is -2.30. The first-order valence-electron chi connectivity index (χ1n) is 9.81. The van der Waals surface area contributed by atoms with Crippen molar-refractivity contribution < 1.29 is 18.7 Å². The second-order valence-electron chi connectivity index (χ2n) is 7.41. The molecule has 1 aromatic heterocycles. The molecule has 0 unspecified atom stereocenters. The maximum Gasteiger partial charge on any atom is 0.339 e. The highest BCUT2D eigenvalue weighted by atomic mass is 19.1. The minimum absolute atomic E-state index is 0.0318. The molecule has 1 aromatic carbocycles. The van der Waals surface area contributed by atoms with Crippen LogP contribution < -0.4 is 0 Å². The zero-order valence-corrected chi connectivity index (χ0v) is 16.7. The number of ether oxygens (including phenoxy) is 1. The van der Waals surface area contributed by atoms with Gasteiger partial charge in [-0.25, -0.2) is 9.18 Å².